The predicted octanol–water partition coefficient (Wildman–Crippen LogP) is 2.94. The summed E-state index contributed by atoms with van der Waals surface area (Å²) in [6.07, 6.45) is -0.513. The third kappa shape index (κ3) is 15.2. The molecule has 0 aliphatic rings. The summed E-state index contributed by atoms with van der Waals surface area (Å²) in [5, 5.41) is 2.51. The summed E-state index contributed by atoms with van der Waals surface area (Å²) in [4.78, 5) is 23.0. The van der Waals surface area contributed by atoms with Crippen molar-refractivity contribution in [2.45, 2.75) is 66.5 Å². The third-order valence-corrected chi connectivity index (χ3v) is 4.78. The average molecular weight is 398 g/mol. The van der Waals surface area contributed by atoms with E-state index in [9.17, 15) is 18.0 Å². The van der Waals surface area contributed by atoms with E-state index in [1.807, 2.05) is 20.8 Å². The van der Waals surface area contributed by atoms with Gasteiger partial charge < -0.3 is 10.1 Å². The largest absolute Gasteiger partial charge is 0.444 e. The van der Waals surface area contributed by atoms with E-state index in [2.05, 4.69) is 5.32 Å². The maximum atomic E-state index is 12.0. The highest BCUT2D eigenvalue weighted by molar-refractivity contribution is 8.13. The lowest BCUT2D eigenvalue weighted by molar-refractivity contribution is -0.109. The van der Waals surface area contributed by atoms with Crippen molar-refractivity contribution in [3.63, 3.8) is 0 Å². The van der Waals surface area contributed by atoms with Gasteiger partial charge in [-0.3, -0.25) is 8.98 Å². The molecule has 0 aromatic rings. The fourth-order valence-corrected chi connectivity index (χ4v) is 3.41. The van der Waals surface area contributed by atoms with Crippen LogP contribution in [-0.2, 0) is 23.8 Å². The Morgan fingerprint density at radius 2 is 1.68 bits per heavy atom. The van der Waals surface area contributed by atoms with Crippen molar-refractivity contribution >= 4 is 33.1 Å². The van der Waals surface area contributed by atoms with Gasteiger partial charge in [-0.05, 0) is 32.6 Å². The molecule has 0 fully saturated rings. The average Bonchev–Trinajstić information content (AvgIpc) is 2.37. The molecule has 0 saturated heterocycles. The molecule has 0 radical (unpaired) electrons. The van der Waals surface area contributed by atoms with E-state index >= 15 is 0 Å². The van der Waals surface area contributed by atoms with E-state index in [1.54, 1.807) is 20.8 Å². The van der Waals surface area contributed by atoms with Crippen molar-refractivity contribution in [2.75, 3.05) is 18.1 Å². The topological polar surface area (TPSA) is 98.8 Å². The Hall–Kier alpha value is -0.800. The number of ether oxygens (including phenoxy) is 1. The zero-order chi connectivity index (χ0) is 19.9. The second kappa shape index (κ2) is 9.78. The summed E-state index contributed by atoms with van der Waals surface area (Å²) in [5.74, 6) is 0.0192. The fourth-order valence-electron chi connectivity index (χ4n) is 1.50. The molecule has 0 bridgehead atoms. The smallest absolute Gasteiger partial charge is 0.407 e. The molecule has 7 nitrogen and oxygen atoms in total. The lowest BCUT2D eigenvalue weighted by Crippen LogP contribution is -2.41. The summed E-state index contributed by atoms with van der Waals surface area (Å²) in [6.45, 7) is 12.3. The zero-order valence-corrected chi connectivity index (χ0v) is 17.8. The van der Waals surface area contributed by atoms with Crippen LogP contribution in [0, 0.1) is 5.41 Å². The van der Waals surface area contributed by atoms with Crippen molar-refractivity contribution in [3.05, 3.63) is 0 Å². The summed E-state index contributed by atoms with van der Waals surface area (Å²) < 4.78 is 34.2. The summed E-state index contributed by atoms with van der Waals surface area (Å²) in [5.41, 5.74) is -0.935. The summed E-state index contributed by atoms with van der Waals surface area (Å²) in [6, 6.07) is -0.517. The first-order valence-corrected chi connectivity index (χ1v) is 10.7. The Morgan fingerprint density at radius 1 is 1.12 bits per heavy atom. The second-order valence-corrected chi connectivity index (χ2v) is 11.0. The van der Waals surface area contributed by atoms with Crippen molar-refractivity contribution in [3.8, 4) is 0 Å². The van der Waals surface area contributed by atoms with E-state index in [0.717, 1.165) is 11.8 Å². The van der Waals surface area contributed by atoms with Crippen LogP contribution in [0.2, 0.25) is 0 Å². The van der Waals surface area contributed by atoms with Gasteiger partial charge in [0.05, 0.1) is 12.4 Å². The molecule has 0 aliphatic carbocycles. The number of hydrogen-bond acceptors (Lipinski definition) is 7. The van der Waals surface area contributed by atoms with E-state index in [-0.39, 0.29) is 35.1 Å². The molecular formula is C16H31NO6S2. The van der Waals surface area contributed by atoms with Gasteiger partial charge in [0.25, 0.3) is 10.1 Å². The molecule has 1 N–H and O–H groups in total. The van der Waals surface area contributed by atoms with Gasteiger partial charge in [0.15, 0.2) is 5.12 Å². The van der Waals surface area contributed by atoms with Gasteiger partial charge in [0.1, 0.15) is 5.60 Å². The van der Waals surface area contributed by atoms with Gasteiger partial charge in [-0.15, -0.1) is 0 Å². The van der Waals surface area contributed by atoms with Gasteiger partial charge in [-0.1, -0.05) is 32.5 Å². The van der Waals surface area contributed by atoms with Gasteiger partial charge >= 0.3 is 6.09 Å². The van der Waals surface area contributed by atoms with Crippen molar-refractivity contribution in [2.24, 2.45) is 5.41 Å². The molecule has 1 unspecified atom stereocenters. The number of nitrogens with one attached hydrogen (secondary N) is 1. The summed E-state index contributed by atoms with van der Waals surface area (Å²) in [7, 11) is -3.71. The number of carbonyl (C=O) groups excluding carboxylic acids is 2. The molecule has 25 heavy (non-hydrogen) atoms. The van der Waals surface area contributed by atoms with Gasteiger partial charge in [-0.25, -0.2) is 4.79 Å². The van der Waals surface area contributed by atoms with Crippen LogP contribution < -0.4 is 5.32 Å². The number of hydrogen-bond donors (Lipinski definition) is 1. The van der Waals surface area contributed by atoms with E-state index in [0.29, 0.717) is 0 Å². The highest BCUT2D eigenvalue weighted by Gasteiger charge is 2.23. The summed E-state index contributed by atoms with van der Waals surface area (Å²) >= 11 is 1.02. The second-order valence-electron chi connectivity index (χ2n) is 8.02. The molecule has 9 heteroatoms. The molecular weight excluding hydrogens is 366 g/mol. The minimum Gasteiger partial charge on any atom is -0.444 e. The standard InChI is InChI=1S/C16H31NO6S2/c1-12(18)24-10-13(17-14(19)23-16(5,6)7)8-9-25(20,21)22-11-15(2,3)4/h13H,8-11H2,1-7H3,(H,17,19). The van der Waals surface area contributed by atoms with Crippen molar-refractivity contribution in [1.82, 2.24) is 5.32 Å². The molecule has 0 rings (SSSR count). The Balaban J connectivity index is 4.72. The van der Waals surface area contributed by atoms with E-state index < -0.39 is 27.9 Å². The Morgan fingerprint density at radius 3 is 2.12 bits per heavy atom. The molecule has 0 spiro atoms. The van der Waals surface area contributed by atoms with Crippen LogP contribution in [0.4, 0.5) is 4.79 Å². The van der Waals surface area contributed by atoms with Crippen LogP contribution in [0.5, 0.6) is 0 Å². The molecule has 0 saturated carbocycles. The van der Waals surface area contributed by atoms with E-state index in [4.69, 9.17) is 8.92 Å². The lowest BCUT2D eigenvalue weighted by Gasteiger charge is -2.23. The Kier molecular flexibility index (Phi) is 9.46. The fraction of sp³-hybridized carbons (Fsp3) is 0.875. The van der Waals surface area contributed by atoms with Crippen LogP contribution in [-0.4, -0.2) is 49.4 Å². The highest BCUT2D eigenvalue weighted by Crippen LogP contribution is 2.16. The quantitative estimate of drug-likeness (QED) is 0.629. The lowest BCUT2D eigenvalue weighted by atomic mass is 9.99. The molecule has 0 heterocycles. The molecule has 0 aliphatic heterocycles. The monoisotopic (exact) mass is 397 g/mol. The van der Waals surface area contributed by atoms with Crippen LogP contribution >= 0.6 is 11.8 Å². The number of carbonyl (C=O) groups is 2. The Bertz CT molecular complexity index is 546. The third-order valence-electron chi connectivity index (χ3n) is 2.60. The molecule has 0 aromatic heterocycles. The number of alkyl carbamates (subject to hydrolysis) is 1. The minimum absolute atomic E-state index is 0.0850. The molecule has 1 atom stereocenters. The predicted molar refractivity (Wildman–Crippen MR) is 100 cm³/mol. The van der Waals surface area contributed by atoms with Crippen LogP contribution in [0.1, 0.15) is 54.9 Å². The van der Waals surface area contributed by atoms with E-state index in [1.165, 1.54) is 6.92 Å². The van der Waals surface area contributed by atoms with Gasteiger partial charge in [0, 0.05) is 18.7 Å². The first-order valence-electron chi connectivity index (χ1n) is 8.10. The van der Waals surface area contributed by atoms with Crippen LogP contribution in [0.15, 0.2) is 0 Å². The number of amides is 1. The first-order chi connectivity index (χ1) is 11.1. The molecule has 0 aromatic carbocycles. The molecule has 148 valence electrons. The van der Waals surface area contributed by atoms with Gasteiger partial charge in [0.2, 0.25) is 0 Å². The SMILES string of the molecule is CC(=O)SCC(CCS(=O)(=O)OCC(C)(C)C)NC(=O)OC(C)(C)C. The van der Waals surface area contributed by atoms with Crippen LogP contribution in [0.25, 0.3) is 0 Å². The maximum Gasteiger partial charge on any atom is 0.407 e. The first kappa shape index (κ1) is 24.2. The number of rotatable bonds is 8. The molecule has 1 amide bonds. The van der Waals surface area contributed by atoms with Crippen LogP contribution in [0.3, 0.4) is 0 Å². The van der Waals surface area contributed by atoms with Crippen molar-refractivity contribution in [1.29, 1.82) is 0 Å². The van der Waals surface area contributed by atoms with Crippen molar-refractivity contribution < 1.29 is 26.9 Å². The highest BCUT2D eigenvalue weighted by atomic mass is 32.2. The maximum absolute atomic E-state index is 12.0. The zero-order valence-electron chi connectivity index (χ0n) is 16.2. The minimum atomic E-state index is -3.71. The Labute approximate surface area is 155 Å². The number of thioether (sulfide) groups is 1. The van der Waals surface area contributed by atoms with Gasteiger partial charge in [-0.2, -0.15) is 8.42 Å². The normalized spacial score (nSPS) is 14.0.